The zero-order chi connectivity index (χ0) is 20.1. The van der Waals surface area contributed by atoms with Crippen molar-refractivity contribution in [3.05, 3.63) is 71.3 Å². The fourth-order valence-corrected chi connectivity index (χ4v) is 4.95. The highest BCUT2D eigenvalue weighted by Gasteiger charge is 2.40. The van der Waals surface area contributed by atoms with Gasteiger partial charge in [0.15, 0.2) is 0 Å². The molecular weight excluding hydrogens is 360 g/mol. The predicted octanol–water partition coefficient (Wildman–Crippen LogP) is 3.28. The van der Waals surface area contributed by atoms with E-state index in [1.807, 2.05) is 30.3 Å². The second-order valence-corrected chi connectivity index (χ2v) is 8.47. The fourth-order valence-electron chi connectivity index (χ4n) is 4.95. The Morgan fingerprint density at radius 2 is 1.66 bits per heavy atom. The summed E-state index contributed by atoms with van der Waals surface area (Å²) in [4.78, 5) is 26.5. The van der Waals surface area contributed by atoms with E-state index in [2.05, 4.69) is 34.5 Å². The molecule has 1 aliphatic carbocycles. The van der Waals surface area contributed by atoms with Crippen molar-refractivity contribution in [3.8, 4) is 0 Å². The summed E-state index contributed by atoms with van der Waals surface area (Å²) in [6.07, 6.45) is 6.02. The number of nitrogens with one attached hydrogen (secondary N) is 1. The maximum atomic E-state index is 12.0. The SMILES string of the molecule is O=C(Cc1ccccc1)C(=O)NCCCN1CCC2(CCc3ccccc32)CC1. The van der Waals surface area contributed by atoms with E-state index in [0.29, 0.717) is 12.0 Å². The largest absolute Gasteiger partial charge is 0.349 e. The number of Topliss-reactive ketones (excluding diaryl/α,β-unsaturated/α-hetero) is 1. The lowest BCUT2D eigenvalue weighted by Gasteiger charge is -2.40. The fraction of sp³-hybridized carbons (Fsp3) is 0.440. The Hall–Kier alpha value is -2.46. The van der Waals surface area contributed by atoms with Crippen LogP contribution in [0.4, 0.5) is 0 Å². The Labute approximate surface area is 173 Å². The monoisotopic (exact) mass is 390 g/mol. The molecule has 2 aliphatic rings. The molecule has 152 valence electrons. The summed E-state index contributed by atoms with van der Waals surface area (Å²) in [5.41, 5.74) is 4.40. The summed E-state index contributed by atoms with van der Waals surface area (Å²) in [7, 11) is 0. The normalized spacial score (nSPS) is 17.8. The molecule has 1 heterocycles. The number of hydrogen-bond acceptors (Lipinski definition) is 3. The lowest BCUT2D eigenvalue weighted by atomic mass is 9.74. The van der Waals surface area contributed by atoms with Crippen molar-refractivity contribution in [2.75, 3.05) is 26.2 Å². The summed E-state index contributed by atoms with van der Waals surface area (Å²) >= 11 is 0. The molecule has 4 rings (SSSR count). The van der Waals surface area contributed by atoms with Crippen LogP contribution in [0.3, 0.4) is 0 Å². The molecule has 1 amide bonds. The number of rotatable bonds is 7. The van der Waals surface area contributed by atoms with Crippen LogP contribution in [0.1, 0.15) is 42.4 Å². The van der Waals surface area contributed by atoms with Gasteiger partial charge in [0.2, 0.25) is 5.78 Å². The van der Waals surface area contributed by atoms with Crippen LogP contribution in [0.25, 0.3) is 0 Å². The van der Waals surface area contributed by atoms with Crippen LogP contribution in [-0.4, -0.2) is 42.8 Å². The summed E-state index contributed by atoms with van der Waals surface area (Å²) < 4.78 is 0. The van der Waals surface area contributed by atoms with Gasteiger partial charge in [0.1, 0.15) is 0 Å². The third-order valence-electron chi connectivity index (χ3n) is 6.67. The van der Waals surface area contributed by atoms with Crippen LogP contribution in [0, 0.1) is 0 Å². The topological polar surface area (TPSA) is 49.4 Å². The lowest BCUT2D eigenvalue weighted by molar-refractivity contribution is -0.137. The Balaban J connectivity index is 1.16. The van der Waals surface area contributed by atoms with Gasteiger partial charge in [0.05, 0.1) is 0 Å². The molecule has 4 nitrogen and oxygen atoms in total. The van der Waals surface area contributed by atoms with Gasteiger partial charge in [-0.1, -0.05) is 54.6 Å². The Kier molecular flexibility index (Phi) is 6.10. The van der Waals surface area contributed by atoms with Gasteiger partial charge in [-0.3, -0.25) is 9.59 Å². The van der Waals surface area contributed by atoms with E-state index >= 15 is 0 Å². The predicted molar refractivity (Wildman–Crippen MR) is 115 cm³/mol. The number of nitrogens with zero attached hydrogens (tertiary/aromatic N) is 1. The number of ketones is 1. The van der Waals surface area contributed by atoms with Crippen molar-refractivity contribution in [2.24, 2.45) is 0 Å². The quantitative estimate of drug-likeness (QED) is 0.583. The summed E-state index contributed by atoms with van der Waals surface area (Å²) in [5.74, 6) is -0.829. The third kappa shape index (κ3) is 4.59. The molecular formula is C25H30N2O2. The van der Waals surface area contributed by atoms with Gasteiger partial charge in [-0.05, 0) is 73.8 Å². The molecule has 4 heteroatoms. The van der Waals surface area contributed by atoms with E-state index in [4.69, 9.17) is 0 Å². The maximum Gasteiger partial charge on any atom is 0.287 e. The molecule has 0 saturated carbocycles. The number of likely N-dealkylation sites (tertiary alicyclic amines) is 1. The zero-order valence-electron chi connectivity index (χ0n) is 17.0. The van der Waals surface area contributed by atoms with E-state index in [-0.39, 0.29) is 12.2 Å². The number of amides is 1. The first-order valence-electron chi connectivity index (χ1n) is 10.8. The number of aryl methyl sites for hydroxylation is 1. The van der Waals surface area contributed by atoms with E-state index in [9.17, 15) is 9.59 Å². The van der Waals surface area contributed by atoms with Gasteiger partial charge in [-0.15, -0.1) is 0 Å². The molecule has 1 fully saturated rings. The van der Waals surface area contributed by atoms with Crippen molar-refractivity contribution in [1.29, 1.82) is 0 Å². The molecule has 1 spiro atoms. The second kappa shape index (κ2) is 8.91. The van der Waals surface area contributed by atoms with Crippen molar-refractivity contribution in [2.45, 2.75) is 43.9 Å². The van der Waals surface area contributed by atoms with Gasteiger partial charge in [0.25, 0.3) is 5.91 Å². The van der Waals surface area contributed by atoms with Gasteiger partial charge in [-0.2, -0.15) is 0 Å². The van der Waals surface area contributed by atoms with Gasteiger partial charge in [-0.25, -0.2) is 0 Å². The van der Waals surface area contributed by atoms with Crippen LogP contribution in [0.15, 0.2) is 54.6 Å². The standard InChI is InChI=1S/C25H30N2O2/c28-23(19-20-7-2-1-3-8-20)24(29)26-15-6-16-27-17-13-25(14-18-27)12-11-21-9-4-5-10-22(21)25/h1-5,7-10H,6,11-19H2,(H,26,29). The number of hydrogen-bond donors (Lipinski definition) is 1. The minimum Gasteiger partial charge on any atom is -0.349 e. The average Bonchev–Trinajstić information content (AvgIpc) is 3.11. The molecule has 0 atom stereocenters. The number of carbonyl (C=O) groups is 2. The summed E-state index contributed by atoms with van der Waals surface area (Å²) in [6.45, 7) is 3.78. The van der Waals surface area contributed by atoms with Gasteiger partial charge in [0, 0.05) is 13.0 Å². The van der Waals surface area contributed by atoms with E-state index in [1.165, 1.54) is 25.7 Å². The Morgan fingerprint density at radius 3 is 2.45 bits per heavy atom. The number of piperidine rings is 1. The molecule has 1 N–H and O–H groups in total. The van der Waals surface area contributed by atoms with Gasteiger partial charge < -0.3 is 10.2 Å². The molecule has 0 unspecified atom stereocenters. The van der Waals surface area contributed by atoms with Crippen LogP contribution in [0.5, 0.6) is 0 Å². The smallest absolute Gasteiger partial charge is 0.287 e. The lowest BCUT2D eigenvalue weighted by Crippen LogP contribution is -2.42. The zero-order valence-corrected chi connectivity index (χ0v) is 17.0. The van der Waals surface area contributed by atoms with Gasteiger partial charge >= 0.3 is 0 Å². The van der Waals surface area contributed by atoms with E-state index in [0.717, 1.165) is 31.6 Å². The van der Waals surface area contributed by atoms with Crippen molar-refractivity contribution < 1.29 is 9.59 Å². The molecule has 2 aromatic carbocycles. The number of benzene rings is 2. The minimum atomic E-state index is -0.464. The molecule has 29 heavy (non-hydrogen) atoms. The highest BCUT2D eigenvalue weighted by molar-refractivity contribution is 6.36. The summed E-state index contributed by atoms with van der Waals surface area (Å²) in [6, 6.07) is 18.4. The van der Waals surface area contributed by atoms with Crippen LogP contribution >= 0.6 is 0 Å². The molecule has 1 aliphatic heterocycles. The maximum absolute atomic E-state index is 12.0. The van der Waals surface area contributed by atoms with Crippen LogP contribution in [-0.2, 0) is 27.8 Å². The molecule has 0 radical (unpaired) electrons. The second-order valence-electron chi connectivity index (χ2n) is 8.47. The van der Waals surface area contributed by atoms with Crippen LogP contribution in [0.2, 0.25) is 0 Å². The number of carbonyl (C=O) groups excluding carboxylic acids is 2. The highest BCUT2D eigenvalue weighted by atomic mass is 16.2. The van der Waals surface area contributed by atoms with E-state index < -0.39 is 5.91 Å². The average molecular weight is 391 g/mol. The summed E-state index contributed by atoms with van der Waals surface area (Å²) in [5, 5.41) is 2.79. The first-order chi connectivity index (χ1) is 14.2. The number of fused-ring (bicyclic) bond motifs is 2. The van der Waals surface area contributed by atoms with Crippen molar-refractivity contribution >= 4 is 11.7 Å². The van der Waals surface area contributed by atoms with Crippen molar-refractivity contribution in [3.63, 3.8) is 0 Å². The Bertz CT molecular complexity index is 854. The minimum absolute atomic E-state index is 0.169. The molecule has 2 aromatic rings. The first-order valence-corrected chi connectivity index (χ1v) is 10.8. The van der Waals surface area contributed by atoms with Crippen LogP contribution < -0.4 is 5.32 Å². The van der Waals surface area contributed by atoms with Crippen molar-refractivity contribution in [1.82, 2.24) is 10.2 Å². The third-order valence-corrected chi connectivity index (χ3v) is 6.67. The molecule has 1 saturated heterocycles. The highest BCUT2D eigenvalue weighted by Crippen LogP contribution is 2.46. The molecule has 0 aromatic heterocycles. The molecule has 0 bridgehead atoms. The van der Waals surface area contributed by atoms with E-state index in [1.54, 1.807) is 11.1 Å². The first kappa shape index (κ1) is 19.8. The Morgan fingerprint density at radius 1 is 0.931 bits per heavy atom.